The Hall–Kier alpha value is -0.940. The van der Waals surface area contributed by atoms with Gasteiger partial charge in [0.2, 0.25) is 0 Å². The SMILES string of the molecule is Cl.NCCOc1cc(F)c(F)c(F)c1. The minimum absolute atomic E-state index is 0. The average Bonchev–Trinajstić information content (AvgIpc) is 2.10. The highest BCUT2D eigenvalue weighted by molar-refractivity contribution is 5.85. The van der Waals surface area contributed by atoms with E-state index in [1.807, 2.05) is 0 Å². The molecule has 14 heavy (non-hydrogen) atoms. The van der Waals surface area contributed by atoms with Crippen LogP contribution in [0.1, 0.15) is 0 Å². The Balaban J connectivity index is 0.00000169. The summed E-state index contributed by atoms with van der Waals surface area (Å²) in [4.78, 5) is 0. The van der Waals surface area contributed by atoms with Crippen LogP contribution in [0.4, 0.5) is 13.2 Å². The van der Waals surface area contributed by atoms with Crippen molar-refractivity contribution in [1.29, 1.82) is 0 Å². The molecular weight excluding hydrogens is 219 g/mol. The normalized spacial score (nSPS) is 9.43. The van der Waals surface area contributed by atoms with Gasteiger partial charge in [-0.1, -0.05) is 0 Å². The molecule has 0 saturated heterocycles. The summed E-state index contributed by atoms with van der Waals surface area (Å²) in [5.41, 5.74) is 5.10. The highest BCUT2D eigenvalue weighted by atomic mass is 35.5. The van der Waals surface area contributed by atoms with E-state index in [1.165, 1.54) is 0 Å². The number of rotatable bonds is 3. The molecule has 0 radical (unpaired) electrons. The molecule has 0 heterocycles. The maximum absolute atomic E-state index is 12.5. The molecule has 2 nitrogen and oxygen atoms in total. The Labute approximate surface area is 85.3 Å². The molecule has 0 aliphatic rings. The predicted molar refractivity (Wildman–Crippen MR) is 48.1 cm³/mol. The molecule has 0 bridgehead atoms. The largest absolute Gasteiger partial charge is 0.492 e. The third kappa shape index (κ3) is 3.08. The van der Waals surface area contributed by atoms with Crippen LogP contribution in [0, 0.1) is 17.5 Å². The van der Waals surface area contributed by atoms with Gasteiger partial charge >= 0.3 is 0 Å². The van der Waals surface area contributed by atoms with E-state index in [1.54, 1.807) is 0 Å². The van der Waals surface area contributed by atoms with Gasteiger partial charge in [0.05, 0.1) is 0 Å². The van der Waals surface area contributed by atoms with E-state index in [0.29, 0.717) is 0 Å². The summed E-state index contributed by atoms with van der Waals surface area (Å²) < 4.78 is 42.3. The maximum atomic E-state index is 12.5. The lowest BCUT2D eigenvalue weighted by Crippen LogP contribution is -2.11. The maximum Gasteiger partial charge on any atom is 0.194 e. The lowest BCUT2D eigenvalue weighted by atomic mass is 10.3. The fraction of sp³-hybridized carbons (Fsp3) is 0.250. The number of ether oxygens (including phenoxy) is 1. The third-order valence-electron chi connectivity index (χ3n) is 1.34. The molecule has 1 rings (SSSR count). The molecule has 0 atom stereocenters. The molecule has 0 unspecified atom stereocenters. The summed E-state index contributed by atoms with van der Waals surface area (Å²) in [6.07, 6.45) is 0. The number of halogens is 4. The molecule has 1 aromatic rings. The lowest BCUT2D eigenvalue weighted by molar-refractivity contribution is 0.320. The van der Waals surface area contributed by atoms with E-state index in [9.17, 15) is 13.2 Å². The first-order valence-corrected chi connectivity index (χ1v) is 3.62. The van der Waals surface area contributed by atoms with Gasteiger partial charge in [0.15, 0.2) is 17.5 Å². The summed E-state index contributed by atoms with van der Waals surface area (Å²) in [7, 11) is 0. The monoisotopic (exact) mass is 227 g/mol. The Morgan fingerprint density at radius 2 is 1.64 bits per heavy atom. The molecule has 2 N–H and O–H groups in total. The third-order valence-corrected chi connectivity index (χ3v) is 1.34. The van der Waals surface area contributed by atoms with Crippen molar-refractivity contribution in [2.45, 2.75) is 0 Å². The summed E-state index contributed by atoms with van der Waals surface area (Å²) in [5, 5.41) is 0. The molecule has 0 aromatic heterocycles. The summed E-state index contributed by atoms with van der Waals surface area (Å²) in [5.74, 6) is -4.11. The predicted octanol–water partition coefficient (Wildman–Crippen LogP) is 1.86. The highest BCUT2D eigenvalue weighted by Crippen LogP contribution is 2.18. The van der Waals surface area contributed by atoms with Crippen molar-refractivity contribution in [2.75, 3.05) is 13.2 Å². The molecular formula is C8H9ClF3NO. The van der Waals surface area contributed by atoms with Gasteiger partial charge < -0.3 is 10.5 Å². The van der Waals surface area contributed by atoms with E-state index in [2.05, 4.69) is 0 Å². The Bertz CT molecular complexity index is 286. The first-order valence-electron chi connectivity index (χ1n) is 3.62. The summed E-state index contributed by atoms with van der Waals surface area (Å²) in [6.45, 7) is 0.352. The zero-order valence-corrected chi connectivity index (χ0v) is 7.91. The van der Waals surface area contributed by atoms with Crippen LogP contribution < -0.4 is 10.5 Å². The number of nitrogens with two attached hydrogens (primary N) is 1. The van der Waals surface area contributed by atoms with Crippen LogP contribution in [-0.4, -0.2) is 13.2 Å². The van der Waals surface area contributed by atoms with Crippen LogP contribution in [0.2, 0.25) is 0 Å². The molecule has 80 valence electrons. The van der Waals surface area contributed by atoms with Crippen molar-refractivity contribution in [2.24, 2.45) is 5.73 Å². The number of hydrogen-bond donors (Lipinski definition) is 1. The van der Waals surface area contributed by atoms with Gasteiger partial charge in [0.25, 0.3) is 0 Å². The van der Waals surface area contributed by atoms with E-state index in [-0.39, 0.29) is 31.3 Å². The Morgan fingerprint density at radius 1 is 1.14 bits per heavy atom. The molecule has 0 spiro atoms. The molecule has 0 aliphatic heterocycles. The minimum Gasteiger partial charge on any atom is -0.492 e. The molecule has 0 saturated carbocycles. The fourth-order valence-electron chi connectivity index (χ4n) is 0.792. The zero-order chi connectivity index (χ0) is 9.84. The van der Waals surface area contributed by atoms with Gasteiger partial charge in [-0.3, -0.25) is 0 Å². The van der Waals surface area contributed by atoms with Crippen molar-refractivity contribution >= 4 is 12.4 Å². The molecule has 0 amide bonds. The Morgan fingerprint density at radius 3 is 2.07 bits per heavy atom. The lowest BCUT2D eigenvalue weighted by Gasteiger charge is -2.04. The highest BCUT2D eigenvalue weighted by Gasteiger charge is 2.10. The first-order chi connectivity index (χ1) is 6.15. The van der Waals surface area contributed by atoms with E-state index < -0.39 is 17.5 Å². The first kappa shape index (κ1) is 13.1. The Kier molecular flexibility index (Phi) is 5.34. The van der Waals surface area contributed by atoms with Gasteiger partial charge in [-0.15, -0.1) is 12.4 Å². The second kappa shape index (κ2) is 5.72. The minimum atomic E-state index is -1.50. The second-order valence-electron chi connectivity index (χ2n) is 2.34. The van der Waals surface area contributed by atoms with Gasteiger partial charge in [-0.2, -0.15) is 0 Å². The topological polar surface area (TPSA) is 35.2 Å². The second-order valence-corrected chi connectivity index (χ2v) is 2.34. The molecule has 1 aromatic carbocycles. The van der Waals surface area contributed by atoms with Gasteiger partial charge in [0.1, 0.15) is 12.4 Å². The van der Waals surface area contributed by atoms with Crippen molar-refractivity contribution in [3.8, 4) is 5.75 Å². The van der Waals surface area contributed by atoms with Crippen molar-refractivity contribution < 1.29 is 17.9 Å². The molecule has 0 aliphatic carbocycles. The van der Waals surface area contributed by atoms with Crippen LogP contribution in [0.5, 0.6) is 5.75 Å². The quantitative estimate of drug-likeness (QED) is 0.800. The zero-order valence-electron chi connectivity index (χ0n) is 7.10. The van der Waals surface area contributed by atoms with Crippen LogP contribution in [0.3, 0.4) is 0 Å². The van der Waals surface area contributed by atoms with E-state index in [0.717, 1.165) is 12.1 Å². The van der Waals surface area contributed by atoms with Gasteiger partial charge in [0, 0.05) is 18.7 Å². The van der Waals surface area contributed by atoms with E-state index in [4.69, 9.17) is 10.5 Å². The van der Waals surface area contributed by atoms with Crippen LogP contribution in [-0.2, 0) is 0 Å². The fourth-order valence-corrected chi connectivity index (χ4v) is 0.792. The average molecular weight is 228 g/mol. The van der Waals surface area contributed by atoms with Crippen LogP contribution in [0.25, 0.3) is 0 Å². The summed E-state index contributed by atoms with van der Waals surface area (Å²) in [6, 6.07) is 1.54. The van der Waals surface area contributed by atoms with Crippen molar-refractivity contribution in [3.05, 3.63) is 29.6 Å². The van der Waals surface area contributed by atoms with Crippen molar-refractivity contribution in [3.63, 3.8) is 0 Å². The molecule has 6 heteroatoms. The summed E-state index contributed by atoms with van der Waals surface area (Å²) >= 11 is 0. The number of hydrogen-bond acceptors (Lipinski definition) is 2. The standard InChI is InChI=1S/C8H8F3NO.ClH/c9-6-3-5(13-2-1-12)4-7(10)8(6)11;/h3-4H,1-2,12H2;1H. The van der Waals surface area contributed by atoms with Gasteiger partial charge in [-0.25, -0.2) is 13.2 Å². The number of benzene rings is 1. The smallest absolute Gasteiger partial charge is 0.194 e. The van der Waals surface area contributed by atoms with Crippen LogP contribution >= 0.6 is 12.4 Å². The van der Waals surface area contributed by atoms with E-state index >= 15 is 0 Å². The van der Waals surface area contributed by atoms with Gasteiger partial charge in [-0.05, 0) is 0 Å². The van der Waals surface area contributed by atoms with Crippen LogP contribution in [0.15, 0.2) is 12.1 Å². The van der Waals surface area contributed by atoms with Crippen molar-refractivity contribution in [1.82, 2.24) is 0 Å². The molecule has 0 fully saturated rings.